The first-order chi connectivity index (χ1) is 9.11. The molecule has 0 radical (unpaired) electrons. The van der Waals surface area contributed by atoms with E-state index in [2.05, 4.69) is 17.2 Å². The van der Waals surface area contributed by atoms with E-state index in [4.69, 9.17) is 5.11 Å². The number of benzene rings is 1. The third-order valence-electron chi connectivity index (χ3n) is 2.35. The summed E-state index contributed by atoms with van der Waals surface area (Å²) in [5.74, 6) is 5.85. The first-order valence-electron chi connectivity index (χ1n) is 6.22. The Morgan fingerprint density at radius 2 is 2.21 bits per heavy atom. The molecule has 0 atom stereocenters. The van der Waals surface area contributed by atoms with Gasteiger partial charge < -0.3 is 15.3 Å². The molecule has 1 amide bonds. The molecular formula is C15H20N2O2. The summed E-state index contributed by atoms with van der Waals surface area (Å²) >= 11 is 0. The number of carbonyl (C=O) groups is 1. The van der Waals surface area contributed by atoms with Crippen LogP contribution in [0, 0.1) is 11.8 Å². The van der Waals surface area contributed by atoms with Crippen molar-refractivity contribution in [2.45, 2.75) is 13.0 Å². The second kappa shape index (κ2) is 8.30. The molecule has 0 spiro atoms. The highest BCUT2D eigenvalue weighted by Gasteiger charge is 2.02. The molecule has 19 heavy (non-hydrogen) atoms. The number of aliphatic hydroxyl groups excluding tert-OH is 1. The molecule has 4 heteroatoms. The van der Waals surface area contributed by atoms with Crippen molar-refractivity contribution in [1.82, 2.24) is 10.2 Å². The minimum absolute atomic E-state index is 0.00164. The van der Waals surface area contributed by atoms with Gasteiger partial charge in [0.05, 0.1) is 13.2 Å². The normalized spacial score (nSPS) is 9.89. The van der Waals surface area contributed by atoms with Crippen LogP contribution in [-0.2, 0) is 11.3 Å². The highest BCUT2D eigenvalue weighted by atomic mass is 16.2. The number of hydrogen-bond acceptors (Lipinski definition) is 3. The molecule has 0 aromatic heterocycles. The van der Waals surface area contributed by atoms with Gasteiger partial charge in [-0.15, -0.1) is 0 Å². The van der Waals surface area contributed by atoms with Crippen molar-refractivity contribution in [2.75, 3.05) is 27.2 Å². The minimum Gasteiger partial charge on any atom is -0.395 e. The third-order valence-corrected chi connectivity index (χ3v) is 2.35. The molecule has 0 unspecified atom stereocenters. The van der Waals surface area contributed by atoms with E-state index in [0.29, 0.717) is 19.5 Å². The van der Waals surface area contributed by atoms with E-state index in [9.17, 15) is 4.79 Å². The van der Waals surface area contributed by atoms with Crippen LogP contribution in [0.2, 0.25) is 0 Å². The molecule has 1 aromatic carbocycles. The van der Waals surface area contributed by atoms with Crippen LogP contribution in [0.5, 0.6) is 0 Å². The largest absolute Gasteiger partial charge is 0.395 e. The van der Waals surface area contributed by atoms with Crippen molar-refractivity contribution in [1.29, 1.82) is 0 Å². The first kappa shape index (κ1) is 15.2. The predicted molar refractivity (Wildman–Crippen MR) is 75.4 cm³/mol. The number of hydrogen-bond donors (Lipinski definition) is 2. The van der Waals surface area contributed by atoms with Crippen LogP contribution in [0.15, 0.2) is 24.3 Å². The van der Waals surface area contributed by atoms with Crippen LogP contribution in [0.3, 0.4) is 0 Å². The van der Waals surface area contributed by atoms with Crippen molar-refractivity contribution in [2.24, 2.45) is 0 Å². The third kappa shape index (κ3) is 6.61. The van der Waals surface area contributed by atoms with E-state index in [1.807, 2.05) is 43.3 Å². The fourth-order valence-corrected chi connectivity index (χ4v) is 1.52. The summed E-state index contributed by atoms with van der Waals surface area (Å²) in [5, 5.41) is 11.5. The lowest BCUT2D eigenvalue weighted by Gasteiger charge is -2.10. The van der Waals surface area contributed by atoms with Crippen molar-refractivity contribution >= 4 is 5.91 Å². The lowest BCUT2D eigenvalue weighted by Crippen LogP contribution is -2.32. The molecule has 1 aromatic rings. The van der Waals surface area contributed by atoms with Crippen LogP contribution < -0.4 is 5.32 Å². The van der Waals surface area contributed by atoms with Gasteiger partial charge in [-0.2, -0.15) is 0 Å². The number of nitrogens with one attached hydrogen (secondary N) is 1. The maximum Gasteiger partial charge on any atom is 0.234 e. The van der Waals surface area contributed by atoms with Gasteiger partial charge in [0.25, 0.3) is 0 Å². The molecule has 0 heterocycles. The molecule has 0 saturated carbocycles. The van der Waals surface area contributed by atoms with Gasteiger partial charge >= 0.3 is 0 Å². The van der Waals surface area contributed by atoms with Crippen LogP contribution in [0.4, 0.5) is 0 Å². The molecule has 1 rings (SSSR count). The van der Waals surface area contributed by atoms with Gasteiger partial charge in [0, 0.05) is 18.5 Å². The van der Waals surface area contributed by atoms with Gasteiger partial charge in [0.15, 0.2) is 0 Å². The van der Waals surface area contributed by atoms with Crippen molar-refractivity contribution in [3.05, 3.63) is 35.4 Å². The highest BCUT2D eigenvalue weighted by Crippen LogP contribution is 2.03. The molecule has 0 bridgehead atoms. The number of nitrogens with zero attached hydrogens (tertiary/aromatic N) is 1. The van der Waals surface area contributed by atoms with Gasteiger partial charge in [-0.3, -0.25) is 4.79 Å². The number of aliphatic hydroxyl groups is 1. The van der Waals surface area contributed by atoms with Crippen molar-refractivity contribution in [3.63, 3.8) is 0 Å². The Morgan fingerprint density at radius 1 is 1.42 bits per heavy atom. The van der Waals surface area contributed by atoms with Crippen molar-refractivity contribution < 1.29 is 9.90 Å². The monoisotopic (exact) mass is 260 g/mol. The standard InChI is InChI=1S/C15H20N2O2/c1-17(2)12-15(19)16-11-14-8-5-7-13(10-14)6-3-4-9-18/h5,7-8,10,18H,4,9,11-12H2,1-2H3,(H,16,19). The SMILES string of the molecule is CN(C)CC(=O)NCc1cccc(C#CCCO)c1. The molecule has 0 saturated heterocycles. The van der Waals surface area contributed by atoms with E-state index < -0.39 is 0 Å². The van der Waals surface area contributed by atoms with E-state index in [-0.39, 0.29) is 12.5 Å². The fraction of sp³-hybridized carbons (Fsp3) is 0.400. The zero-order valence-corrected chi connectivity index (χ0v) is 11.4. The van der Waals surface area contributed by atoms with Crippen LogP contribution in [0.1, 0.15) is 17.5 Å². The van der Waals surface area contributed by atoms with Gasteiger partial charge in [0.2, 0.25) is 5.91 Å². The van der Waals surface area contributed by atoms with Gasteiger partial charge in [-0.25, -0.2) is 0 Å². The second-order valence-electron chi connectivity index (χ2n) is 4.49. The Balaban J connectivity index is 2.53. The smallest absolute Gasteiger partial charge is 0.234 e. The van der Waals surface area contributed by atoms with Crippen LogP contribution in [0.25, 0.3) is 0 Å². The molecular weight excluding hydrogens is 240 g/mol. The van der Waals surface area contributed by atoms with Gasteiger partial charge in [-0.1, -0.05) is 24.0 Å². The average molecular weight is 260 g/mol. The summed E-state index contributed by atoms with van der Waals surface area (Å²) in [6.45, 7) is 0.964. The predicted octanol–water partition coefficient (Wildman–Crippen LogP) is 0.598. The molecule has 0 fully saturated rings. The van der Waals surface area contributed by atoms with E-state index in [1.165, 1.54) is 0 Å². The number of carbonyl (C=O) groups excluding carboxylic acids is 1. The Morgan fingerprint density at radius 3 is 2.89 bits per heavy atom. The zero-order chi connectivity index (χ0) is 14.1. The summed E-state index contributed by atoms with van der Waals surface area (Å²) in [6.07, 6.45) is 0.476. The Bertz CT molecular complexity index is 473. The topological polar surface area (TPSA) is 52.6 Å². The Kier molecular flexibility index (Phi) is 6.65. The number of rotatable bonds is 5. The van der Waals surface area contributed by atoms with Crippen LogP contribution >= 0.6 is 0 Å². The zero-order valence-electron chi connectivity index (χ0n) is 11.4. The summed E-state index contributed by atoms with van der Waals surface area (Å²) in [5.41, 5.74) is 1.91. The van der Waals surface area contributed by atoms with Gasteiger partial charge in [0.1, 0.15) is 0 Å². The number of likely N-dealkylation sites (N-methyl/N-ethyl adjacent to an activating group) is 1. The quantitative estimate of drug-likeness (QED) is 0.762. The maximum absolute atomic E-state index is 11.5. The first-order valence-corrected chi connectivity index (χ1v) is 6.22. The summed E-state index contributed by atoms with van der Waals surface area (Å²) in [4.78, 5) is 13.3. The molecule has 0 aliphatic rings. The summed E-state index contributed by atoms with van der Waals surface area (Å²) in [7, 11) is 3.72. The molecule has 2 N–H and O–H groups in total. The van der Waals surface area contributed by atoms with Crippen LogP contribution in [-0.4, -0.2) is 43.2 Å². The lowest BCUT2D eigenvalue weighted by molar-refractivity contribution is -0.121. The lowest BCUT2D eigenvalue weighted by atomic mass is 10.1. The molecule has 0 aliphatic heterocycles. The average Bonchev–Trinajstić information content (AvgIpc) is 2.36. The van der Waals surface area contributed by atoms with Crippen molar-refractivity contribution in [3.8, 4) is 11.8 Å². The van der Waals surface area contributed by atoms with E-state index >= 15 is 0 Å². The number of amides is 1. The fourth-order valence-electron chi connectivity index (χ4n) is 1.52. The summed E-state index contributed by atoms with van der Waals surface area (Å²) < 4.78 is 0. The van der Waals surface area contributed by atoms with E-state index in [0.717, 1.165) is 11.1 Å². The maximum atomic E-state index is 11.5. The summed E-state index contributed by atoms with van der Waals surface area (Å²) in [6, 6.07) is 7.72. The van der Waals surface area contributed by atoms with Gasteiger partial charge in [-0.05, 0) is 31.8 Å². The highest BCUT2D eigenvalue weighted by molar-refractivity contribution is 5.77. The molecule has 0 aliphatic carbocycles. The second-order valence-corrected chi connectivity index (χ2v) is 4.49. The Hall–Kier alpha value is -1.83. The molecule has 102 valence electrons. The Labute approximate surface area is 114 Å². The van der Waals surface area contributed by atoms with E-state index in [1.54, 1.807) is 0 Å². The minimum atomic E-state index is 0.00164. The molecule has 4 nitrogen and oxygen atoms in total.